The Morgan fingerprint density at radius 2 is 1.20 bits per heavy atom. The minimum atomic E-state index is 0. The van der Waals surface area contributed by atoms with Gasteiger partial charge in [-0.15, -0.1) is 12.1 Å². The Balaban J connectivity index is -0.000000214. The molecule has 1 aliphatic heterocycles. The standard InChI is InChI=1S/C7H16.C6H14N.C4H8O.Li/c1-3-5-7-6-4-2;1-5(2)7-6(3)4;1-2-4-5-3-1;/h3-7H2,1-2H3;5-6H,1-4H3;1-4H2;/q;-1;;+1. The molecule has 1 saturated heterocycles. The third kappa shape index (κ3) is 31.1. The fraction of sp³-hybridized carbons (Fsp3) is 1.00. The van der Waals surface area contributed by atoms with Gasteiger partial charge in [0.2, 0.25) is 0 Å². The van der Waals surface area contributed by atoms with E-state index >= 15 is 0 Å². The molecule has 0 aromatic rings. The van der Waals surface area contributed by atoms with Crippen LogP contribution in [0.25, 0.3) is 5.32 Å². The largest absolute Gasteiger partial charge is 1.00 e. The molecule has 1 aliphatic rings. The van der Waals surface area contributed by atoms with Gasteiger partial charge in [-0.2, -0.15) is 0 Å². The minimum absolute atomic E-state index is 0. The van der Waals surface area contributed by atoms with Crippen LogP contribution < -0.4 is 18.9 Å². The van der Waals surface area contributed by atoms with E-state index in [0.29, 0.717) is 12.1 Å². The van der Waals surface area contributed by atoms with Crippen LogP contribution >= 0.6 is 0 Å². The van der Waals surface area contributed by atoms with Gasteiger partial charge in [0.15, 0.2) is 0 Å². The summed E-state index contributed by atoms with van der Waals surface area (Å²) >= 11 is 0. The average Bonchev–Trinajstić information content (AvgIpc) is 2.87. The molecular formula is C17H38LiNO. The summed E-state index contributed by atoms with van der Waals surface area (Å²) in [5.74, 6) is 0. The maximum Gasteiger partial charge on any atom is 1.00 e. The van der Waals surface area contributed by atoms with Crippen LogP contribution in [0.4, 0.5) is 0 Å². The van der Waals surface area contributed by atoms with Gasteiger partial charge in [-0.3, -0.25) is 0 Å². The van der Waals surface area contributed by atoms with Crippen molar-refractivity contribution in [1.29, 1.82) is 0 Å². The first-order valence-corrected chi connectivity index (χ1v) is 8.32. The number of unbranched alkanes of at least 4 members (excludes halogenated alkanes) is 4. The number of rotatable bonds is 6. The molecule has 0 unspecified atom stereocenters. The molecule has 1 rings (SSSR count). The zero-order chi connectivity index (χ0) is 14.9. The first-order chi connectivity index (χ1) is 9.04. The van der Waals surface area contributed by atoms with Crippen LogP contribution in [0.15, 0.2) is 0 Å². The van der Waals surface area contributed by atoms with Crippen molar-refractivity contribution in [2.75, 3.05) is 13.2 Å². The van der Waals surface area contributed by atoms with Crippen LogP contribution in [0, 0.1) is 0 Å². The molecule has 118 valence electrons. The predicted octanol–water partition coefficient (Wildman–Crippen LogP) is 2.95. The summed E-state index contributed by atoms with van der Waals surface area (Å²) in [5, 5.41) is 4.28. The van der Waals surface area contributed by atoms with Crippen molar-refractivity contribution in [1.82, 2.24) is 0 Å². The van der Waals surface area contributed by atoms with Crippen molar-refractivity contribution in [2.24, 2.45) is 0 Å². The third-order valence-electron chi connectivity index (χ3n) is 2.63. The minimum Gasteiger partial charge on any atom is -0.658 e. The molecule has 0 amide bonds. The van der Waals surface area contributed by atoms with E-state index in [1.165, 1.54) is 44.9 Å². The molecule has 2 nitrogen and oxygen atoms in total. The average molecular weight is 279 g/mol. The monoisotopic (exact) mass is 279 g/mol. The van der Waals surface area contributed by atoms with Gasteiger partial charge in [0.05, 0.1) is 0 Å². The van der Waals surface area contributed by atoms with Crippen molar-refractivity contribution in [2.45, 2.75) is 98.6 Å². The number of hydrogen-bond acceptors (Lipinski definition) is 1. The van der Waals surface area contributed by atoms with E-state index in [1.54, 1.807) is 0 Å². The Bertz CT molecular complexity index is 130. The number of ether oxygens (including phenoxy) is 1. The van der Waals surface area contributed by atoms with Crippen LogP contribution in [0.3, 0.4) is 0 Å². The van der Waals surface area contributed by atoms with Crippen molar-refractivity contribution in [3.8, 4) is 0 Å². The molecule has 0 atom stereocenters. The van der Waals surface area contributed by atoms with Crippen molar-refractivity contribution in [3.63, 3.8) is 0 Å². The van der Waals surface area contributed by atoms with Crippen molar-refractivity contribution < 1.29 is 23.6 Å². The normalized spacial score (nSPS) is 13.2. The van der Waals surface area contributed by atoms with E-state index in [4.69, 9.17) is 4.74 Å². The summed E-state index contributed by atoms with van der Waals surface area (Å²) in [4.78, 5) is 0. The SMILES string of the molecule is C1CCOC1.CC(C)[N-]C(C)C.CCCCCCC.[Li+]. The van der Waals surface area contributed by atoms with Gasteiger partial charge in [0.25, 0.3) is 0 Å². The van der Waals surface area contributed by atoms with Gasteiger partial charge >= 0.3 is 18.9 Å². The summed E-state index contributed by atoms with van der Waals surface area (Å²) in [7, 11) is 0. The second-order valence-electron chi connectivity index (χ2n) is 5.72. The zero-order valence-corrected chi connectivity index (χ0v) is 15.4. The number of hydrogen-bond donors (Lipinski definition) is 0. The molecule has 0 aromatic carbocycles. The second kappa shape index (κ2) is 21.8. The van der Waals surface area contributed by atoms with E-state index < -0.39 is 0 Å². The molecule has 0 bridgehead atoms. The molecule has 0 radical (unpaired) electrons. The van der Waals surface area contributed by atoms with Crippen LogP contribution in [0.1, 0.15) is 86.5 Å². The van der Waals surface area contributed by atoms with Crippen LogP contribution in [0.5, 0.6) is 0 Å². The summed E-state index contributed by atoms with van der Waals surface area (Å²) < 4.78 is 4.94. The van der Waals surface area contributed by atoms with Gasteiger partial charge in [0, 0.05) is 13.2 Å². The summed E-state index contributed by atoms with van der Waals surface area (Å²) in [6, 6.07) is 1.000. The van der Waals surface area contributed by atoms with E-state index in [0.717, 1.165) is 13.2 Å². The molecule has 0 spiro atoms. The second-order valence-corrected chi connectivity index (χ2v) is 5.72. The van der Waals surface area contributed by atoms with Gasteiger partial charge in [-0.05, 0) is 12.8 Å². The summed E-state index contributed by atoms with van der Waals surface area (Å²) in [5.41, 5.74) is 0. The predicted molar refractivity (Wildman–Crippen MR) is 88.1 cm³/mol. The van der Waals surface area contributed by atoms with Gasteiger partial charge < -0.3 is 10.1 Å². The van der Waals surface area contributed by atoms with Crippen LogP contribution in [-0.2, 0) is 4.74 Å². The molecular weight excluding hydrogens is 241 g/mol. The molecule has 0 aromatic heterocycles. The molecule has 0 aliphatic carbocycles. The fourth-order valence-corrected chi connectivity index (χ4v) is 1.78. The zero-order valence-electron chi connectivity index (χ0n) is 15.4. The third-order valence-corrected chi connectivity index (χ3v) is 2.63. The Kier molecular flexibility index (Phi) is 27.8. The van der Waals surface area contributed by atoms with Crippen LogP contribution in [0.2, 0.25) is 0 Å². The Labute approximate surface area is 141 Å². The Morgan fingerprint density at radius 3 is 1.35 bits per heavy atom. The molecule has 0 saturated carbocycles. The van der Waals surface area contributed by atoms with E-state index in [9.17, 15) is 0 Å². The Hall–Kier alpha value is 0.517. The number of nitrogens with zero attached hydrogens (tertiary/aromatic N) is 1. The molecule has 20 heavy (non-hydrogen) atoms. The first-order valence-electron chi connectivity index (χ1n) is 8.32. The van der Waals surface area contributed by atoms with Crippen molar-refractivity contribution in [3.05, 3.63) is 5.32 Å². The molecule has 1 fully saturated rings. The van der Waals surface area contributed by atoms with Gasteiger partial charge in [0.1, 0.15) is 0 Å². The summed E-state index contributed by atoms with van der Waals surface area (Å²) in [6.45, 7) is 14.9. The van der Waals surface area contributed by atoms with Crippen molar-refractivity contribution >= 4 is 0 Å². The maximum atomic E-state index is 4.94. The fourth-order valence-electron chi connectivity index (χ4n) is 1.78. The van der Waals surface area contributed by atoms with Gasteiger partial charge in [-0.1, -0.05) is 73.6 Å². The molecule has 1 heterocycles. The van der Waals surface area contributed by atoms with E-state index in [2.05, 4.69) is 46.9 Å². The maximum absolute atomic E-state index is 4.94. The summed E-state index contributed by atoms with van der Waals surface area (Å²) in [6.07, 6.45) is 9.56. The van der Waals surface area contributed by atoms with Gasteiger partial charge in [-0.25, -0.2) is 0 Å². The van der Waals surface area contributed by atoms with E-state index in [-0.39, 0.29) is 18.9 Å². The van der Waals surface area contributed by atoms with E-state index in [1.807, 2.05) is 0 Å². The van der Waals surface area contributed by atoms with Crippen LogP contribution in [-0.4, -0.2) is 25.3 Å². The first kappa shape index (κ1) is 25.5. The molecule has 0 N–H and O–H groups in total. The Morgan fingerprint density at radius 1 is 0.800 bits per heavy atom. The smallest absolute Gasteiger partial charge is 0.658 e. The quantitative estimate of drug-likeness (QED) is 0.541. The topological polar surface area (TPSA) is 23.3 Å². The molecule has 3 heteroatoms.